The molecule has 0 unspecified atom stereocenters. The molecule has 2 aromatic heterocycles. The first-order valence-electron chi connectivity index (χ1n) is 16.5. The van der Waals surface area contributed by atoms with Gasteiger partial charge in [0.25, 0.3) is 0 Å². The number of ketones is 1. The zero-order chi connectivity index (χ0) is 35.4. The van der Waals surface area contributed by atoms with Crippen LogP contribution in [-0.4, -0.2) is 34.7 Å². The third-order valence-electron chi connectivity index (χ3n) is 7.93. The van der Waals surface area contributed by atoms with Crippen molar-refractivity contribution in [1.29, 1.82) is 0 Å². The predicted octanol–water partition coefficient (Wildman–Crippen LogP) is 10.3. The summed E-state index contributed by atoms with van der Waals surface area (Å²) in [5.74, 6) is 0.728. The molecule has 52 heavy (non-hydrogen) atoms. The van der Waals surface area contributed by atoms with Gasteiger partial charge in [0, 0.05) is 35.9 Å². The Bertz CT molecular complexity index is 2330. The molecule has 1 aliphatic carbocycles. The SMILES string of the molecule is CCOCC.O=C1/C(=N/[N-]c2ccccn2)c2ccccc2-c2ccccc21.[O-]c1c(N=Nc2ccccn2)c2ccccc2c2ccccc12.[Zn+2]. The van der Waals surface area contributed by atoms with Crippen LogP contribution in [0.4, 0.5) is 17.3 Å². The Hall–Kier alpha value is -5.96. The van der Waals surface area contributed by atoms with E-state index in [1.807, 2.05) is 135 Å². The van der Waals surface area contributed by atoms with Crippen LogP contribution in [0.2, 0.25) is 0 Å². The molecule has 8 rings (SSSR count). The maximum Gasteiger partial charge on any atom is 2.00 e. The molecule has 0 saturated carbocycles. The number of pyridine rings is 2. The number of rotatable bonds is 6. The maximum absolute atomic E-state index is 12.8. The average Bonchev–Trinajstić information content (AvgIpc) is 3.19. The Morgan fingerprint density at radius 1 is 0.596 bits per heavy atom. The van der Waals surface area contributed by atoms with Gasteiger partial charge in [-0.3, -0.25) is 9.90 Å². The average molecular weight is 736 g/mol. The number of Topliss-reactive ketones (excluding diaryl/α,β-unsaturated/α-hetero) is 1. The number of azo groups is 1. The minimum atomic E-state index is -0.112. The van der Waals surface area contributed by atoms with E-state index in [4.69, 9.17) is 4.74 Å². The summed E-state index contributed by atoms with van der Waals surface area (Å²) >= 11 is 0. The van der Waals surface area contributed by atoms with Crippen LogP contribution in [0.15, 0.2) is 161 Å². The number of ether oxygens (including phenoxy) is 1. The van der Waals surface area contributed by atoms with Gasteiger partial charge in [0.15, 0.2) is 5.82 Å². The van der Waals surface area contributed by atoms with E-state index in [2.05, 4.69) is 30.7 Å². The van der Waals surface area contributed by atoms with Gasteiger partial charge < -0.3 is 20.3 Å². The minimum absolute atomic E-state index is 0. The fourth-order valence-corrected chi connectivity index (χ4v) is 5.61. The van der Waals surface area contributed by atoms with E-state index in [9.17, 15) is 9.90 Å². The molecular formula is C42H34N6O3Zn. The first-order valence-corrected chi connectivity index (χ1v) is 16.5. The molecule has 0 saturated heterocycles. The molecule has 0 N–H and O–H groups in total. The van der Waals surface area contributed by atoms with Gasteiger partial charge in [-0.1, -0.05) is 133 Å². The van der Waals surface area contributed by atoms with E-state index in [-0.39, 0.29) is 31.0 Å². The Morgan fingerprint density at radius 3 is 1.71 bits per heavy atom. The summed E-state index contributed by atoms with van der Waals surface area (Å²) in [6.07, 6.45) is 3.29. The molecule has 0 radical (unpaired) electrons. The number of benzene rings is 5. The molecule has 0 bridgehead atoms. The monoisotopic (exact) mass is 734 g/mol. The summed E-state index contributed by atoms with van der Waals surface area (Å²) in [5, 5.41) is 28.7. The molecule has 9 nitrogen and oxygen atoms in total. The molecule has 0 spiro atoms. The standard InChI is InChI=1S/2C19H13N3O.C4H10O.Zn/c2*23-19-16-10-4-2-8-14(16)13-7-1-3-9-15(13)18(19)22-21-17-11-5-6-12-20-17;1-3-5-4-2;/h1-12H,(H,20,21,23);1-12,23H;3-4H2,1-2H3;/q;;;+2/p-2. The van der Waals surface area contributed by atoms with Gasteiger partial charge in [-0.25, -0.2) is 4.98 Å². The molecular weight excluding hydrogens is 702 g/mol. The van der Waals surface area contributed by atoms with Gasteiger partial charge in [0.2, 0.25) is 5.78 Å². The number of carbonyl (C=O) groups is 1. The van der Waals surface area contributed by atoms with Crippen molar-refractivity contribution in [3.05, 3.63) is 162 Å². The third kappa shape index (κ3) is 8.49. The molecule has 7 aromatic rings. The maximum atomic E-state index is 12.8. The van der Waals surface area contributed by atoms with Crippen LogP contribution in [0.3, 0.4) is 0 Å². The van der Waals surface area contributed by atoms with Gasteiger partial charge >= 0.3 is 19.5 Å². The largest absolute Gasteiger partial charge is 2.00 e. The van der Waals surface area contributed by atoms with Gasteiger partial charge in [-0.15, -0.1) is 10.2 Å². The molecule has 10 heteroatoms. The van der Waals surface area contributed by atoms with Crippen molar-refractivity contribution in [2.24, 2.45) is 15.3 Å². The summed E-state index contributed by atoms with van der Waals surface area (Å²) in [7, 11) is 0. The van der Waals surface area contributed by atoms with E-state index in [1.165, 1.54) is 0 Å². The van der Waals surface area contributed by atoms with Crippen LogP contribution in [0.5, 0.6) is 5.75 Å². The summed E-state index contributed by atoms with van der Waals surface area (Å²) in [4.78, 5) is 21.0. The van der Waals surface area contributed by atoms with Crippen molar-refractivity contribution < 1.29 is 34.1 Å². The van der Waals surface area contributed by atoms with Gasteiger partial charge in [0.05, 0.1) is 5.69 Å². The Labute approximate surface area is 314 Å². The number of carbonyl (C=O) groups excluding carboxylic acids is 1. The van der Waals surface area contributed by atoms with Crippen molar-refractivity contribution >= 4 is 50.4 Å². The normalized spacial score (nSPS) is 12.2. The Balaban J connectivity index is 0.000000175. The summed E-state index contributed by atoms with van der Waals surface area (Å²) < 4.78 is 4.83. The van der Waals surface area contributed by atoms with Gasteiger partial charge in [0.1, 0.15) is 5.71 Å². The van der Waals surface area contributed by atoms with Crippen LogP contribution in [0.1, 0.15) is 29.8 Å². The zero-order valence-electron chi connectivity index (χ0n) is 28.9. The molecule has 2 heterocycles. The summed E-state index contributed by atoms with van der Waals surface area (Å²) in [6.45, 7) is 5.67. The predicted molar refractivity (Wildman–Crippen MR) is 201 cm³/mol. The molecule has 0 aliphatic heterocycles. The fourth-order valence-electron chi connectivity index (χ4n) is 5.61. The smallest absolute Gasteiger partial charge is 0.871 e. The molecule has 1 aliphatic rings. The van der Waals surface area contributed by atoms with Crippen molar-refractivity contribution in [2.75, 3.05) is 13.2 Å². The second-order valence-corrected chi connectivity index (χ2v) is 11.1. The number of fused-ring (bicyclic) bond motifs is 6. The van der Waals surface area contributed by atoms with E-state index in [1.54, 1.807) is 24.5 Å². The second-order valence-electron chi connectivity index (χ2n) is 11.1. The number of hydrogen-bond donors (Lipinski definition) is 0. The molecule has 0 fully saturated rings. The molecule has 5 aromatic carbocycles. The fraction of sp³-hybridized carbons (Fsp3) is 0.0952. The summed E-state index contributed by atoms with van der Waals surface area (Å²) in [6, 6.07) is 41.4. The van der Waals surface area contributed by atoms with Crippen LogP contribution in [0.25, 0.3) is 38.1 Å². The van der Waals surface area contributed by atoms with Gasteiger partial charge in [-0.2, -0.15) is 0 Å². The zero-order valence-corrected chi connectivity index (χ0v) is 31.9. The first kappa shape index (κ1) is 37.3. The minimum Gasteiger partial charge on any atom is -0.871 e. The van der Waals surface area contributed by atoms with E-state index >= 15 is 0 Å². The van der Waals surface area contributed by atoms with E-state index < -0.39 is 0 Å². The quantitative estimate of drug-likeness (QED) is 0.0727. The number of aromatic nitrogens is 2. The van der Waals surface area contributed by atoms with Crippen LogP contribution in [-0.2, 0) is 24.2 Å². The molecule has 0 amide bonds. The van der Waals surface area contributed by atoms with Crippen molar-refractivity contribution in [3.63, 3.8) is 0 Å². The first-order chi connectivity index (χ1) is 25.1. The van der Waals surface area contributed by atoms with Crippen LogP contribution in [0, 0.1) is 0 Å². The topological polar surface area (TPSA) is 126 Å². The van der Waals surface area contributed by atoms with E-state index in [0.717, 1.165) is 46.1 Å². The number of hydrogen-bond acceptors (Lipinski definition) is 8. The van der Waals surface area contributed by atoms with Crippen molar-refractivity contribution in [1.82, 2.24) is 9.97 Å². The number of nitrogens with zero attached hydrogens (tertiary/aromatic N) is 6. The summed E-state index contributed by atoms with van der Waals surface area (Å²) in [5.41, 5.74) is 8.20. The van der Waals surface area contributed by atoms with Crippen molar-refractivity contribution in [2.45, 2.75) is 13.8 Å². The molecule has 0 atom stereocenters. The van der Waals surface area contributed by atoms with Crippen LogP contribution >= 0.6 is 0 Å². The molecule has 252 valence electrons. The Morgan fingerprint density at radius 2 is 1.12 bits per heavy atom. The Kier molecular flexibility index (Phi) is 13.1. The van der Waals surface area contributed by atoms with Crippen molar-refractivity contribution in [3.8, 4) is 16.9 Å². The van der Waals surface area contributed by atoms with E-state index in [0.29, 0.717) is 34.0 Å². The third-order valence-corrected chi connectivity index (χ3v) is 7.93. The van der Waals surface area contributed by atoms with Gasteiger partial charge in [-0.05, 0) is 59.1 Å². The van der Waals surface area contributed by atoms with Crippen LogP contribution < -0.4 is 5.11 Å². The second kappa shape index (κ2) is 18.3.